The van der Waals surface area contributed by atoms with Crippen molar-refractivity contribution >= 4 is 65.0 Å². The number of hydrogen-bond acceptors (Lipinski definition) is 4. The monoisotopic (exact) mass is 675 g/mol. The number of furan rings is 1. The molecule has 246 valence electrons. The minimum Gasteiger partial charge on any atom is -0.455 e. The second-order valence-electron chi connectivity index (χ2n) is 13.6. The zero-order valence-corrected chi connectivity index (χ0v) is 28.5. The molecular weight excluding hydrogens is 647 g/mol. The Morgan fingerprint density at radius 3 is 1.79 bits per heavy atom. The van der Waals surface area contributed by atoms with E-state index in [0.29, 0.717) is 17.5 Å². The van der Waals surface area contributed by atoms with Gasteiger partial charge in [0.2, 0.25) is 0 Å². The van der Waals surface area contributed by atoms with Crippen molar-refractivity contribution in [1.29, 1.82) is 0 Å². The third-order valence-electron chi connectivity index (χ3n) is 10.5. The van der Waals surface area contributed by atoms with E-state index in [1.165, 1.54) is 37.7 Å². The number of hydrogen-bond donors (Lipinski definition) is 0. The first-order valence-corrected chi connectivity index (χ1v) is 17.9. The van der Waals surface area contributed by atoms with Gasteiger partial charge in [0.1, 0.15) is 11.2 Å². The molecular formula is C49H29N3O. The fraction of sp³-hybridized carbons (Fsp3) is 0. The highest BCUT2D eigenvalue weighted by atomic mass is 16.3. The molecule has 4 heteroatoms. The Kier molecular flexibility index (Phi) is 6.52. The zero-order valence-electron chi connectivity index (χ0n) is 28.5. The van der Waals surface area contributed by atoms with Gasteiger partial charge in [-0.05, 0) is 66.9 Å². The lowest BCUT2D eigenvalue weighted by atomic mass is 9.94. The second-order valence-corrected chi connectivity index (χ2v) is 13.6. The van der Waals surface area contributed by atoms with Gasteiger partial charge in [-0.15, -0.1) is 0 Å². The van der Waals surface area contributed by atoms with E-state index in [1.54, 1.807) is 0 Å². The molecule has 11 rings (SSSR count). The van der Waals surface area contributed by atoms with E-state index in [1.807, 2.05) is 42.5 Å². The van der Waals surface area contributed by atoms with Crippen molar-refractivity contribution in [3.63, 3.8) is 0 Å². The average Bonchev–Trinajstić information content (AvgIpc) is 3.62. The maximum absolute atomic E-state index is 6.76. The first-order chi connectivity index (χ1) is 26.2. The SMILES string of the molecule is c1ccc(-c2nc(-c3ccc4ccccc4c3)nc(-c3cccc4oc5c(-c6ccc7ccc8c9ccccc9ccc8c7c6)cccc5c34)n2)cc1. The van der Waals surface area contributed by atoms with Gasteiger partial charge < -0.3 is 4.42 Å². The maximum atomic E-state index is 6.76. The molecule has 0 amide bonds. The molecule has 0 N–H and O–H groups in total. The average molecular weight is 676 g/mol. The van der Waals surface area contributed by atoms with Crippen LogP contribution < -0.4 is 0 Å². The third kappa shape index (κ3) is 4.80. The molecule has 0 atom stereocenters. The van der Waals surface area contributed by atoms with Gasteiger partial charge in [0, 0.05) is 33.0 Å². The minimum atomic E-state index is 0.602. The van der Waals surface area contributed by atoms with Gasteiger partial charge in [0.25, 0.3) is 0 Å². The van der Waals surface area contributed by atoms with Crippen molar-refractivity contribution in [3.8, 4) is 45.3 Å². The van der Waals surface area contributed by atoms with E-state index in [9.17, 15) is 0 Å². The van der Waals surface area contributed by atoms with Crippen molar-refractivity contribution in [1.82, 2.24) is 15.0 Å². The van der Waals surface area contributed by atoms with Crippen LogP contribution in [0.2, 0.25) is 0 Å². The van der Waals surface area contributed by atoms with Crippen LogP contribution in [-0.2, 0) is 0 Å². The van der Waals surface area contributed by atoms with Crippen LogP contribution in [0, 0.1) is 0 Å². The van der Waals surface area contributed by atoms with E-state index in [4.69, 9.17) is 19.4 Å². The van der Waals surface area contributed by atoms with Crippen LogP contribution in [0.3, 0.4) is 0 Å². The Morgan fingerprint density at radius 2 is 0.925 bits per heavy atom. The Balaban J connectivity index is 1.11. The van der Waals surface area contributed by atoms with Crippen molar-refractivity contribution in [2.75, 3.05) is 0 Å². The molecule has 0 spiro atoms. The molecule has 0 bridgehead atoms. The lowest BCUT2D eigenvalue weighted by Gasteiger charge is -2.10. The van der Waals surface area contributed by atoms with Crippen LogP contribution in [0.15, 0.2) is 180 Å². The second kappa shape index (κ2) is 11.7. The largest absolute Gasteiger partial charge is 0.455 e. The van der Waals surface area contributed by atoms with Crippen LogP contribution in [0.1, 0.15) is 0 Å². The molecule has 53 heavy (non-hydrogen) atoms. The predicted molar refractivity (Wildman–Crippen MR) is 219 cm³/mol. The quantitative estimate of drug-likeness (QED) is 0.174. The van der Waals surface area contributed by atoms with Crippen molar-refractivity contribution in [2.24, 2.45) is 0 Å². The Hall–Kier alpha value is -7.17. The van der Waals surface area contributed by atoms with Gasteiger partial charge in [-0.25, -0.2) is 15.0 Å². The standard InChI is InChI=1S/C49H29N3O/c1-2-12-33(13-3-1)47-50-48(36-23-20-30-10-4-5-14-34(30)28-36)52-49(51-47)42-18-9-19-44-45(42)41-17-8-16-38(46(41)53-44)35-22-21-32-25-26-39-37-15-7-6-11-31(37)24-27-40(39)43(32)29-35/h1-29H. The Labute approximate surface area is 304 Å². The summed E-state index contributed by atoms with van der Waals surface area (Å²) in [7, 11) is 0. The summed E-state index contributed by atoms with van der Waals surface area (Å²) in [4.78, 5) is 15.3. The molecule has 0 saturated carbocycles. The molecule has 9 aromatic carbocycles. The normalized spacial score (nSPS) is 11.8. The molecule has 0 saturated heterocycles. The van der Waals surface area contributed by atoms with Crippen LogP contribution in [0.4, 0.5) is 0 Å². The van der Waals surface area contributed by atoms with Gasteiger partial charge in [-0.2, -0.15) is 0 Å². The number of benzene rings is 9. The van der Waals surface area contributed by atoms with Crippen LogP contribution in [0.25, 0.3) is 110 Å². The highest BCUT2D eigenvalue weighted by molar-refractivity contribution is 6.19. The van der Waals surface area contributed by atoms with Gasteiger partial charge in [-0.3, -0.25) is 0 Å². The molecule has 0 fully saturated rings. The number of rotatable bonds is 4. The minimum absolute atomic E-state index is 0.602. The highest BCUT2D eigenvalue weighted by Gasteiger charge is 2.20. The maximum Gasteiger partial charge on any atom is 0.164 e. The summed E-state index contributed by atoms with van der Waals surface area (Å²) in [6.45, 7) is 0. The number of para-hydroxylation sites is 1. The highest BCUT2D eigenvalue weighted by Crippen LogP contribution is 2.42. The lowest BCUT2D eigenvalue weighted by molar-refractivity contribution is 0.670. The fourth-order valence-electron chi connectivity index (χ4n) is 7.92. The molecule has 0 aliphatic heterocycles. The summed E-state index contributed by atoms with van der Waals surface area (Å²) in [5, 5.41) is 11.8. The van der Waals surface area contributed by atoms with E-state index in [-0.39, 0.29) is 0 Å². The molecule has 0 aliphatic carbocycles. The number of fused-ring (bicyclic) bond motifs is 9. The lowest BCUT2D eigenvalue weighted by Crippen LogP contribution is -2.00. The Bertz CT molecular complexity index is 3240. The summed E-state index contributed by atoms with van der Waals surface area (Å²) in [5.74, 6) is 1.85. The predicted octanol–water partition coefficient (Wildman–Crippen LogP) is 13.1. The van der Waals surface area contributed by atoms with E-state index >= 15 is 0 Å². The van der Waals surface area contributed by atoms with E-state index in [2.05, 4.69) is 133 Å². The van der Waals surface area contributed by atoms with Crippen molar-refractivity contribution < 1.29 is 4.42 Å². The molecule has 0 aliphatic rings. The van der Waals surface area contributed by atoms with Crippen molar-refractivity contribution in [2.45, 2.75) is 0 Å². The van der Waals surface area contributed by atoms with Crippen LogP contribution in [0.5, 0.6) is 0 Å². The van der Waals surface area contributed by atoms with Gasteiger partial charge in [0.15, 0.2) is 17.5 Å². The summed E-state index contributed by atoms with van der Waals surface area (Å²) in [6.07, 6.45) is 0. The fourth-order valence-corrected chi connectivity index (χ4v) is 7.92. The summed E-state index contributed by atoms with van der Waals surface area (Å²) < 4.78 is 6.76. The van der Waals surface area contributed by atoms with E-state index < -0.39 is 0 Å². The van der Waals surface area contributed by atoms with Crippen LogP contribution in [-0.4, -0.2) is 15.0 Å². The number of aromatic nitrogens is 3. The Morgan fingerprint density at radius 1 is 0.321 bits per heavy atom. The molecule has 2 heterocycles. The van der Waals surface area contributed by atoms with Gasteiger partial charge >= 0.3 is 0 Å². The first kappa shape index (κ1) is 29.5. The molecule has 4 nitrogen and oxygen atoms in total. The summed E-state index contributed by atoms with van der Waals surface area (Å²) in [5.41, 5.74) is 6.55. The van der Waals surface area contributed by atoms with Crippen LogP contribution >= 0.6 is 0 Å². The number of nitrogens with zero attached hydrogens (tertiary/aromatic N) is 3. The topological polar surface area (TPSA) is 51.8 Å². The smallest absolute Gasteiger partial charge is 0.164 e. The third-order valence-corrected chi connectivity index (χ3v) is 10.5. The summed E-state index contributed by atoms with van der Waals surface area (Å²) in [6, 6.07) is 61.7. The van der Waals surface area contributed by atoms with Crippen molar-refractivity contribution in [3.05, 3.63) is 176 Å². The first-order valence-electron chi connectivity index (χ1n) is 17.9. The summed E-state index contributed by atoms with van der Waals surface area (Å²) >= 11 is 0. The zero-order chi connectivity index (χ0) is 34.9. The van der Waals surface area contributed by atoms with Gasteiger partial charge in [-0.1, -0.05) is 158 Å². The molecule has 0 radical (unpaired) electrons. The molecule has 11 aromatic rings. The van der Waals surface area contributed by atoms with Gasteiger partial charge in [0.05, 0.1) is 0 Å². The van der Waals surface area contributed by atoms with E-state index in [0.717, 1.165) is 55.1 Å². The molecule has 2 aromatic heterocycles. The molecule has 0 unspecified atom stereocenters.